The van der Waals surface area contributed by atoms with E-state index in [2.05, 4.69) is 20.3 Å². The number of aromatic nitrogens is 2. The molecule has 2 aromatic heterocycles. The fraction of sp³-hybridized carbons (Fsp3) is 0.0833. The van der Waals surface area contributed by atoms with Crippen LogP contribution in [0.1, 0.15) is 11.3 Å². The topological polar surface area (TPSA) is 50.2 Å². The van der Waals surface area contributed by atoms with Crippen LogP contribution in [-0.2, 0) is 6.54 Å². The number of halogens is 2. The van der Waals surface area contributed by atoms with Crippen LogP contribution >= 0.6 is 11.6 Å². The van der Waals surface area contributed by atoms with Gasteiger partial charge < -0.3 is 5.32 Å². The largest absolute Gasteiger partial charge is 0.335 e. The summed E-state index contributed by atoms with van der Waals surface area (Å²) in [4.78, 5) is 12.0. The predicted octanol–water partition coefficient (Wildman–Crippen LogP) is 2.64. The molecule has 18 heavy (non-hydrogen) atoms. The Kier molecular flexibility index (Phi) is 2.68. The van der Waals surface area contributed by atoms with Gasteiger partial charge in [-0.05, 0) is 12.1 Å². The molecule has 1 N–H and O–H groups in total. The quantitative estimate of drug-likeness (QED) is 0.804. The summed E-state index contributed by atoms with van der Waals surface area (Å²) in [6, 6.07) is 5.25. The number of pyridine rings is 2. The van der Waals surface area contributed by atoms with Gasteiger partial charge in [0.2, 0.25) is 5.95 Å². The lowest BCUT2D eigenvalue weighted by Crippen LogP contribution is -2.14. The monoisotopic (exact) mass is 262 g/mol. The summed E-state index contributed by atoms with van der Waals surface area (Å²) < 4.78 is 13.5. The van der Waals surface area contributed by atoms with Crippen LogP contribution in [0.5, 0.6) is 0 Å². The van der Waals surface area contributed by atoms with E-state index in [1.807, 2.05) is 12.1 Å². The highest BCUT2D eigenvalue weighted by atomic mass is 35.5. The maximum absolute atomic E-state index is 13.5. The third kappa shape index (κ3) is 1.93. The number of rotatable bonds is 1. The Morgan fingerprint density at radius 2 is 2.22 bits per heavy atom. The fourth-order valence-corrected chi connectivity index (χ4v) is 1.91. The second-order valence-electron chi connectivity index (χ2n) is 3.79. The van der Waals surface area contributed by atoms with E-state index < -0.39 is 5.95 Å². The lowest BCUT2D eigenvalue weighted by molar-refractivity contribution is 0.588. The molecule has 0 saturated carbocycles. The molecule has 0 aliphatic carbocycles. The van der Waals surface area contributed by atoms with Crippen molar-refractivity contribution in [1.82, 2.24) is 9.97 Å². The fourth-order valence-electron chi connectivity index (χ4n) is 1.76. The summed E-state index contributed by atoms with van der Waals surface area (Å²) in [6.07, 6.45) is 2.93. The number of amidine groups is 1. The molecular formula is C12H8ClFN4. The first-order valence-electron chi connectivity index (χ1n) is 5.31. The summed E-state index contributed by atoms with van der Waals surface area (Å²) in [5.41, 5.74) is 1.94. The molecule has 0 atom stereocenters. The van der Waals surface area contributed by atoms with E-state index in [0.29, 0.717) is 17.4 Å². The van der Waals surface area contributed by atoms with Gasteiger partial charge in [-0.3, -0.25) is 9.98 Å². The van der Waals surface area contributed by atoms with Crippen LogP contribution in [0.25, 0.3) is 0 Å². The van der Waals surface area contributed by atoms with Crippen LogP contribution in [0.2, 0.25) is 5.02 Å². The van der Waals surface area contributed by atoms with E-state index >= 15 is 0 Å². The smallest absolute Gasteiger partial charge is 0.236 e. The first kappa shape index (κ1) is 11.1. The Balaban J connectivity index is 1.93. The van der Waals surface area contributed by atoms with Crippen molar-refractivity contribution >= 4 is 23.1 Å². The summed E-state index contributed by atoms with van der Waals surface area (Å²) in [7, 11) is 0. The number of nitrogens with zero attached hydrogens (tertiary/aromatic N) is 3. The molecule has 0 amide bonds. The van der Waals surface area contributed by atoms with Gasteiger partial charge in [-0.25, -0.2) is 4.98 Å². The highest BCUT2D eigenvalue weighted by Gasteiger charge is 2.18. The van der Waals surface area contributed by atoms with Gasteiger partial charge in [-0.2, -0.15) is 4.39 Å². The van der Waals surface area contributed by atoms with Gasteiger partial charge in [0.1, 0.15) is 5.69 Å². The minimum atomic E-state index is -0.619. The van der Waals surface area contributed by atoms with E-state index in [9.17, 15) is 4.39 Å². The van der Waals surface area contributed by atoms with Gasteiger partial charge in [-0.1, -0.05) is 17.7 Å². The van der Waals surface area contributed by atoms with E-state index in [4.69, 9.17) is 11.6 Å². The SMILES string of the molecule is Fc1ncc(Cl)cc1NC1=NCc2cccnc21. The summed E-state index contributed by atoms with van der Waals surface area (Å²) in [5.74, 6) is -0.0833. The highest BCUT2D eigenvalue weighted by Crippen LogP contribution is 2.21. The van der Waals surface area contributed by atoms with Gasteiger partial charge in [0, 0.05) is 18.0 Å². The molecule has 6 heteroatoms. The molecule has 0 unspecified atom stereocenters. The maximum atomic E-state index is 13.5. The van der Waals surface area contributed by atoms with Crippen molar-refractivity contribution in [2.45, 2.75) is 6.54 Å². The molecule has 1 aliphatic heterocycles. The molecule has 0 radical (unpaired) electrons. The lowest BCUT2D eigenvalue weighted by Gasteiger charge is -2.07. The van der Waals surface area contributed by atoms with Crippen molar-refractivity contribution in [3.8, 4) is 0 Å². The Bertz CT molecular complexity index is 642. The normalized spacial score (nSPS) is 13.1. The summed E-state index contributed by atoms with van der Waals surface area (Å²) >= 11 is 5.78. The Hall–Kier alpha value is -2.01. The molecule has 90 valence electrons. The van der Waals surface area contributed by atoms with Gasteiger partial charge in [-0.15, -0.1) is 0 Å². The van der Waals surface area contributed by atoms with Gasteiger partial charge in [0.15, 0.2) is 5.84 Å². The summed E-state index contributed by atoms with van der Waals surface area (Å²) in [5, 5.41) is 3.23. The van der Waals surface area contributed by atoms with Crippen LogP contribution in [0.3, 0.4) is 0 Å². The van der Waals surface area contributed by atoms with Crippen LogP contribution in [0.15, 0.2) is 35.6 Å². The van der Waals surface area contributed by atoms with E-state index in [-0.39, 0.29) is 5.69 Å². The number of nitrogens with one attached hydrogen (secondary N) is 1. The number of hydrogen-bond acceptors (Lipinski definition) is 4. The third-order valence-corrected chi connectivity index (χ3v) is 2.79. The minimum absolute atomic E-state index is 0.194. The lowest BCUT2D eigenvalue weighted by atomic mass is 10.2. The molecule has 0 aromatic carbocycles. The minimum Gasteiger partial charge on any atom is -0.335 e. The molecule has 0 spiro atoms. The molecule has 4 nitrogen and oxygen atoms in total. The predicted molar refractivity (Wildman–Crippen MR) is 67.3 cm³/mol. The molecule has 2 aromatic rings. The zero-order chi connectivity index (χ0) is 12.5. The number of anilines is 1. The second kappa shape index (κ2) is 4.34. The van der Waals surface area contributed by atoms with Crippen molar-refractivity contribution in [1.29, 1.82) is 0 Å². The summed E-state index contributed by atoms with van der Waals surface area (Å²) in [6.45, 7) is 0.543. The molecule has 1 aliphatic rings. The average Bonchev–Trinajstić information content (AvgIpc) is 2.78. The van der Waals surface area contributed by atoms with Gasteiger partial charge in [0.25, 0.3) is 0 Å². The van der Waals surface area contributed by atoms with Crippen LogP contribution in [0.4, 0.5) is 10.1 Å². The Morgan fingerprint density at radius 1 is 1.33 bits per heavy atom. The van der Waals surface area contributed by atoms with Crippen LogP contribution < -0.4 is 5.32 Å². The van der Waals surface area contributed by atoms with Crippen molar-refractivity contribution in [2.75, 3.05) is 5.32 Å². The van der Waals surface area contributed by atoms with E-state index in [1.165, 1.54) is 12.3 Å². The molecule has 0 saturated heterocycles. The van der Waals surface area contributed by atoms with Crippen molar-refractivity contribution in [3.05, 3.63) is 52.8 Å². The van der Waals surface area contributed by atoms with Crippen molar-refractivity contribution in [3.63, 3.8) is 0 Å². The number of fused-ring (bicyclic) bond motifs is 1. The first-order chi connectivity index (χ1) is 8.74. The molecule has 0 fully saturated rings. The Labute approximate surface area is 108 Å². The van der Waals surface area contributed by atoms with E-state index in [1.54, 1.807) is 6.20 Å². The third-order valence-electron chi connectivity index (χ3n) is 2.58. The second-order valence-corrected chi connectivity index (χ2v) is 4.23. The standard InChI is InChI=1S/C12H8ClFN4/c13-8-4-9(11(14)16-6-8)18-12-10-7(5-17-12)2-1-3-15-10/h1-4,6H,5H2,(H,17,18). The maximum Gasteiger partial charge on any atom is 0.236 e. The van der Waals surface area contributed by atoms with Crippen LogP contribution in [-0.4, -0.2) is 15.8 Å². The zero-order valence-corrected chi connectivity index (χ0v) is 9.95. The highest BCUT2D eigenvalue weighted by molar-refractivity contribution is 6.30. The Morgan fingerprint density at radius 3 is 3.11 bits per heavy atom. The zero-order valence-electron chi connectivity index (χ0n) is 9.19. The molecular weight excluding hydrogens is 255 g/mol. The number of aliphatic imine (C=N–C) groups is 1. The average molecular weight is 263 g/mol. The van der Waals surface area contributed by atoms with Crippen molar-refractivity contribution < 1.29 is 4.39 Å². The van der Waals surface area contributed by atoms with Gasteiger partial charge in [0.05, 0.1) is 17.3 Å². The number of hydrogen-bond donors (Lipinski definition) is 1. The first-order valence-corrected chi connectivity index (χ1v) is 5.68. The molecule has 0 bridgehead atoms. The van der Waals surface area contributed by atoms with Crippen LogP contribution in [0, 0.1) is 5.95 Å². The molecule has 3 heterocycles. The van der Waals surface area contributed by atoms with Crippen molar-refractivity contribution in [2.24, 2.45) is 4.99 Å². The van der Waals surface area contributed by atoms with E-state index in [0.717, 1.165) is 11.3 Å². The van der Waals surface area contributed by atoms with Gasteiger partial charge >= 0.3 is 0 Å². The molecule has 3 rings (SSSR count).